The lowest BCUT2D eigenvalue weighted by Crippen LogP contribution is -2.05. The van der Waals surface area contributed by atoms with E-state index in [1.807, 2.05) is 18.2 Å². The van der Waals surface area contributed by atoms with Gasteiger partial charge in [-0.05, 0) is 42.5 Å². The molecule has 22 heavy (non-hydrogen) atoms. The van der Waals surface area contributed by atoms with Gasteiger partial charge < -0.3 is 11.1 Å². The van der Waals surface area contributed by atoms with Crippen LogP contribution in [0.25, 0.3) is 5.57 Å². The average Bonchev–Trinajstić information content (AvgIpc) is 2.80. The fraction of sp³-hybridized carbons (Fsp3) is 0.0588. The first kappa shape index (κ1) is 14.5. The third kappa shape index (κ3) is 2.80. The van der Waals surface area contributed by atoms with Crippen molar-refractivity contribution in [1.29, 1.82) is 0 Å². The van der Waals surface area contributed by atoms with Crippen molar-refractivity contribution >= 4 is 44.6 Å². The molecule has 0 saturated carbocycles. The second-order valence-electron chi connectivity index (χ2n) is 5.01. The Morgan fingerprint density at radius 1 is 1.18 bits per heavy atom. The van der Waals surface area contributed by atoms with Gasteiger partial charge in [0, 0.05) is 39.0 Å². The maximum atomic E-state index is 12.2. The van der Waals surface area contributed by atoms with Gasteiger partial charge in [0.2, 0.25) is 0 Å². The van der Waals surface area contributed by atoms with Crippen LogP contribution in [0.1, 0.15) is 22.3 Å². The van der Waals surface area contributed by atoms with Crippen LogP contribution in [0.2, 0.25) is 0 Å². The summed E-state index contributed by atoms with van der Waals surface area (Å²) in [5.41, 5.74) is 8.90. The molecule has 1 amide bonds. The molecule has 0 atom stereocenters. The molecule has 1 aliphatic rings. The van der Waals surface area contributed by atoms with E-state index < -0.39 is 0 Å². The highest BCUT2D eigenvalue weighted by molar-refractivity contribution is 9.10. The van der Waals surface area contributed by atoms with Crippen molar-refractivity contribution in [3.63, 3.8) is 0 Å². The topological polar surface area (TPSA) is 72.2 Å². The summed E-state index contributed by atoms with van der Waals surface area (Å²) >= 11 is 3.39. The summed E-state index contributed by atoms with van der Waals surface area (Å²) in [4.78, 5) is 24.2. The molecule has 3 rings (SSSR count). The van der Waals surface area contributed by atoms with Gasteiger partial charge in [0.1, 0.15) is 0 Å². The van der Waals surface area contributed by atoms with E-state index in [0.29, 0.717) is 16.8 Å². The van der Waals surface area contributed by atoms with Gasteiger partial charge in [0.15, 0.2) is 5.78 Å². The summed E-state index contributed by atoms with van der Waals surface area (Å²) < 4.78 is 0.888. The van der Waals surface area contributed by atoms with Crippen molar-refractivity contribution in [2.45, 2.75) is 6.42 Å². The number of carbonyl (C=O) groups excluding carboxylic acids is 2. The lowest BCUT2D eigenvalue weighted by Gasteiger charge is -2.01. The molecular weight excluding hydrogens is 344 g/mol. The van der Waals surface area contributed by atoms with Crippen LogP contribution >= 0.6 is 15.9 Å². The molecule has 0 radical (unpaired) electrons. The van der Waals surface area contributed by atoms with Crippen LogP contribution < -0.4 is 11.1 Å². The smallest absolute Gasteiger partial charge is 0.256 e. The average molecular weight is 357 g/mol. The molecule has 110 valence electrons. The number of fused-ring (bicyclic) bond motifs is 1. The van der Waals surface area contributed by atoms with Crippen molar-refractivity contribution in [2.75, 3.05) is 11.1 Å². The van der Waals surface area contributed by atoms with Gasteiger partial charge in [-0.25, -0.2) is 0 Å². The van der Waals surface area contributed by atoms with E-state index >= 15 is 0 Å². The van der Waals surface area contributed by atoms with E-state index in [9.17, 15) is 9.59 Å². The number of Topliss-reactive ketones (excluding diaryl/α,β-unsaturated/α-hetero) is 1. The summed E-state index contributed by atoms with van der Waals surface area (Å²) in [7, 11) is 0. The van der Waals surface area contributed by atoms with Crippen molar-refractivity contribution in [3.05, 3.63) is 64.1 Å². The van der Waals surface area contributed by atoms with Crippen molar-refractivity contribution in [3.8, 4) is 0 Å². The number of benzene rings is 2. The Morgan fingerprint density at radius 3 is 2.64 bits per heavy atom. The highest BCUT2D eigenvalue weighted by Gasteiger charge is 2.24. The quantitative estimate of drug-likeness (QED) is 0.501. The molecule has 5 heteroatoms. The van der Waals surface area contributed by atoms with Crippen molar-refractivity contribution in [1.82, 2.24) is 0 Å². The summed E-state index contributed by atoms with van der Waals surface area (Å²) in [6.45, 7) is 0. The molecule has 0 unspecified atom stereocenters. The van der Waals surface area contributed by atoms with Gasteiger partial charge in [-0.3, -0.25) is 9.59 Å². The molecule has 0 aliphatic carbocycles. The Morgan fingerprint density at radius 2 is 1.91 bits per heavy atom. The summed E-state index contributed by atoms with van der Waals surface area (Å²) in [6.07, 6.45) is 1.84. The maximum Gasteiger partial charge on any atom is 0.256 e. The number of nitrogen functional groups attached to an aromatic ring is 1. The number of rotatable bonds is 3. The molecule has 1 heterocycles. The second-order valence-corrected chi connectivity index (χ2v) is 5.93. The molecule has 2 aromatic carbocycles. The third-order valence-corrected chi connectivity index (χ3v) is 3.98. The molecule has 0 saturated heterocycles. The number of hydrogen-bond acceptors (Lipinski definition) is 3. The van der Waals surface area contributed by atoms with Crippen LogP contribution in [-0.4, -0.2) is 11.7 Å². The number of halogens is 1. The Balaban J connectivity index is 1.84. The van der Waals surface area contributed by atoms with E-state index in [-0.39, 0.29) is 18.1 Å². The second kappa shape index (κ2) is 5.77. The minimum Gasteiger partial charge on any atom is -0.399 e. The van der Waals surface area contributed by atoms with Crippen LogP contribution in [0.15, 0.2) is 53.0 Å². The summed E-state index contributed by atoms with van der Waals surface area (Å²) in [6, 6.07) is 12.3. The normalized spacial score (nSPS) is 14.8. The van der Waals surface area contributed by atoms with E-state index in [2.05, 4.69) is 21.2 Å². The van der Waals surface area contributed by atoms with Crippen LogP contribution in [-0.2, 0) is 4.79 Å². The zero-order valence-electron chi connectivity index (χ0n) is 11.6. The van der Waals surface area contributed by atoms with E-state index in [1.54, 1.807) is 30.3 Å². The maximum absolute atomic E-state index is 12.2. The number of ketones is 1. The lowest BCUT2D eigenvalue weighted by molar-refractivity contribution is -0.110. The van der Waals surface area contributed by atoms with Crippen LogP contribution in [0.5, 0.6) is 0 Å². The van der Waals surface area contributed by atoms with E-state index in [0.717, 1.165) is 15.7 Å². The van der Waals surface area contributed by atoms with Gasteiger partial charge in [-0.2, -0.15) is 0 Å². The number of nitrogens with one attached hydrogen (secondary N) is 1. The Kier molecular flexibility index (Phi) is 3.81. The standard InChI is InChI=1S/C17H13BrN2O2/c18-11-3-7-15-14(9-11)13(17(22)20-15)6-8-16(21)10-1-4-12(19)5-2-10/h1-7,9H,8,19H2,(H,20,22)/b13-6-. The number of amides is 1. The van der Waals surface area contributed by atoms with Gasteiger partial charge in [0.25, 0.3) is 5.91 Å². The van der Waals surface area contributed by atoms with Crippen molar-refractivity contribution < 1.29 is 9.59 Å². The van der Waals surface area contributed by atoms with Gasteiger partial charge in [-0.1, -0.05) is 22.0 Å². The van der Waals surface area contributed by atoms with Crippen molar-refractivity contribution in [2.24, 2.45) is 0 Å². The minimum atomic E-state index is -0.182. The van der Waals surface area contributed by atoms with E-state index in [4.69, 9.17) is 5.73 Å². The molecule has 3 N–H and O–H groups in total. The van der Waals surface area contributed by atoms with Gasteiger partial charge >= 0.3 is 0 Å². The Hall–Kier alpha value is -2.40. The van der Waals surface area contributed by atoms with Crippen LogP contribution in [0.4, 0.5) is 11.4 Å². The molecular formula is C17H13BrN2O2. The predicted octanol–water partition coefficient (Wildman–Crippen LogP) is 3.64. The number of allylic oxidation sites excluding steroid dienone is 1. The molecule has 0 bridgehead atoms. The SMILES string of the molecule is Nc1ccc(C(=O)C/C=C2\C(=O)Nc3ccc(Br)cc32)cc1. The first-order valence-electron chi connectivity index (χ1n) is 6.75. The fourth-order valence-electron chi connectivity index (χ4n) is 2.34. The molecule has 0 fully saturated rings. The van der Waals surface area contributed by atoms with Gasteiger partial charge in [-0.15, -0.1) is 0 Å². The molecule has 0 spiro atoms. The zero-order valence-corrected chi connectivity index (χ0v) is 13.2. The minimum absolute atomic E-state index is 0.0521. The number of nitrogens with two attached hydrogens (primary N) is 1. The lowest BCUT2D eigenvalue weighted by atomic mass is 10.0. The first-order chi connectivity index (χ1) is 10.5. The zero-order chi connectivity index (χ0) is 15.7. The Bertz CT molecular complexity index is 795. The largest absolute Gasteiger partial charge is 0.399 e. The Labute approximate surface area is 136 Å². The summed E-state index contributed by atoms with van der Waals surface area (Å²) in [5, 5.41) is 2.79. The first-order valence-corrected chi connectivity index (χ1v) is 7.54. The fourth-order valence-corrected chi connectivity index (χ4v) is 2.71. The molecule has 2 aromatic rings. The summed E-state index contributed by atoms with van der Waals surface area (Å²) in [5.74, 6) is -0.234. The monoisotopic (exact) mass is 356 g/mol. The highest BCUT2D eigenvalue weighted by Crippen LogP contribution is 2.34. The number of carbonyl (C=O) groups is 2. The van der Waals surface area contributed by atoms with Gasteiger partial charge in [0.05, 0.1) is 0 Å². The van der Waals surface area contributed by atoms with Crippen LogP contribution in [0, 0.1) is 0 Å². The number of hydrogen-bond donors (Lipinski definition) is 2. The number of anilines is 2. The molecule has 1 aliphatic heterocycles. The van der Waals surface area contributed by atoms with E-state index in [1.165, 1.54) is 0 Å². The molecule has 0 aromatic heterocycles. The predicted molar refractivity (Wildman–Crippen MR) is 90.6 cm³/mol. The van der Waals surface area contributed by atoms with Crippen LogP contribution in [0.3, 0.4) is 0 Å². The molecule has 4 nitrogen and oxygen atoms in total. The third-order valence-electron chi connectivity index (χ3n) is 3.49. The highest BCUT2D eigenvalue weighted by atomic mass is 79.9.